The zero-order valence-electron chi connectivity index (χ0n) is 6.76. The molecule has 0 rings (SSSR count). The molecule has 0 fully saturated rings. The fourth-order valence-corrected chi connectivity index (χ4v) is 0.783. The van der Waals surface area contributed by atoms with E-state index in [1.54, 1.807) is 0 Å². The minimum Gasteiger partial charge on any atom is -0.552 e. The van der Waals surface area contributed by atoms with Crippen LogP contribution in [-0.4, -0.2) is 14.8 Å². The van der Waals surface area contributed by atoms with Crippen molar-refractivity contribution in [1.82, 2.24) is 0 Å². The van der Waals surface area contributed by atoms with Crippen molar-refractivity contribution in [3.63, 3.8) is 0 Å². The van der Waals surface area contributed by atoms with E-state index >= 15 is 0 Å². The van der Waals surface area contributed by atoms with Gasteiger partial charge in [-0.25, -0.2) is 0 Å². The van der Waals surface area contributed by atoms with Gasteiger partial charge in [-0.3, -0.25) is 4.79 Å². The molecule has 0 aromatic carbocycles. The van der Waals surface area contributed by atoms with Crippen molar-refractivity contribution in [1.29, 1.82) is 0 Å². The topological polar surface area (TPSA) is 26.3 Å². The summed E-state index contributed by atoms with van der Waals surface area (Å²) in [4.78, 5) is 10.6. The fraction of sp³-hybridized carbons (Fsp3) is 0.571. The lowest BCUT2D eigenvalue weighted by atomic mass is 10.3. The van der Waals surface area contributed by atoms with Gasteiger partial charge in [0.05, 0.1) is 6.26 Å². The molecule has 10 heavy (non-hydrogen) atoms. The van der Waals surface area contributed by atoms with E-state index in [0.717, 1.165) is 0 Å². The molecule has 3 heteroatoms. The van der Waals surface area contributed by atoms with Gasteiger partial charge < -0.3 is 4.43 Å². The molecule has 0 radical (unpaired) electrons. The summed E-state index contributed by atoms with van der Waals surface area (Å²) in [6, 6.07) is 0. The first-order valence-corrected chi connectivity index (χ1v) is 6.29. The molecule has 0 N–H and O–H groups in total. The SMILES string of the molecule is CCC(=O)C=CO[SiH](C)C. The van der Waals surface area contributed by atoms with Crippen molar-refractivity contribution >= 4 is 14.8 Å². The van der Waals surface area contributed by atoms with E-state index in [-0.39, 0.29) is 5.78 Å². The van der Waals surface area contributed by atoms with Gasteiger partial charge in [-0.05, 0) is 13.1 Å². The minimum absolute atomic E-state index is 0.120. The summed E-state index contributed by atoms with van der Waals surface area (Å²) >= 11 is 0. The zero-order valence-corrected chi connectivity index (χ0v) is 7.91. The minimum atomic E-state index is -0.979. The molecule has 0 amide bonds. The molecule has 0 atom stereocenters. The Labute approximate surface area is 63.6 Å². The lowest BCUT2D eigenvalue weighted by Gasteiger charge is -1.99. The van der Waals surface area contributed by atoms with Crippen LogP contribution in [0.4, 0.5) is 0 Å². The predicted octanol–water partition coefficient (Wildman–Crippen LogP) is 1.48. The van der Waals surface area contributed by atoms with Crippen LogP contribution in [0.15, 0.2) is 12.3 Å². The highest BCUT2D eigenvalue weighted by Crippen LogP contribution is 1.87. The van der Waals surface area contributed by atoms with Gasteiger partial charge in [-0.15, -0.1) is 0 Å². The van der Waals surface area contributed by atoms with Gasteiger partial charge in [-0.2, -0.15) is 0 Å². The van der Waals surface area contributed by atoms with E-state index in [0.29, 0.717) is 6.42 Å². The summed E-state index contributed by atoms with van der Waals surface area (Å²) in [7, 11) is -0.979. The summed E-state index contributed by atoms with van der Waals surface area (Å²) in [6.07, 6.45) is 3.56. The zero-order chi connectivity index (χ0) is 7.98. The molecule has 0 saturated heterocycles. The second-order valence-electron chi connectivity index (χ2n) is 2.31. The van der Waals surface area contributed by atoms with E-state index in [9.17, 15) is 4.79 Å². The van der Waals surface area contributed by atoms with E-state index in [1.165, 1.54) is 12.3 Å². The number of hydrogen-bond acceptors (Lipinski definition) is 2. The molecular weight excluding hydrogens is 144 g/mol. The van der Waals surface area contributed by atoms with Crippen molar-refractivity contribution in [2.24, 2.45) is 0 Å². The van der Waals surface area contributed by atoms with Gasteiger partial charge in [0.15, 0.2) is 5.78 Å². The Morgan fingerprint density at radius 2 is 2.20 bits per heavy atom. The predicted molar refractivity (Wildman–Crippen MR) is 44.4 cm³/mol. The molecule has 0 saturated carbocycles. The quantitative estimate of drug-likeness (QED) is 0.352. The largest absolute Gasteiger partial charge is 0.552 e. The highest BCUT2D eigenvalue weighted by atomic mass is 28.3. The molecule has 0 bridgehead atoms. The van der Waals surface area contributed by atoms with Crippen LogP contribution in [0.1, 0.15) is 13.3 Å². The summed E-state index contributed by atoms with van der Waals surface area (Å²) in [5, 5.41) is 0. The molecular formula is C7H14O2Si. The standard InChI is InChI=1S/C7H14O2Si/c1-4-7(8)5-6-9-10(2)3/h5-6,10H,4H2,1-3H3. The molecule has 0 aromatic heterocycles. The maximum atomic E-state index is 10.6. The maximum Gasteiger partial charge on any atom is 0.228 e. The molecule has 0 heterocycles. The average molecular weight is 158 g/mol. The lowest BCUT2D eigenvalue weighted by molar-refractivity contribution is -0.114. The van der Waals surface area contributed by atoms with Crippen molar-refractivity contribution in [3.8, 4) is 0 Å². The molecule has 0 aliphatic rings. The summed E-state index contributed by atoms with van der Waals surface area (Å²) in [5.74, 6) is 0.120. The van der Waals surface area contributed by atoms with Crippen LogP contribution in [0.2, 0.25) is 13.1 Å². The Bertz CT molecular complexity index is 130. The average Bonchev–Trinajstić information content (AvgIpc) is 1.87. The van der Waals surface area contributed by atoms with Gasteiger partial charge >= 0.3 is 0 Å². The van der Waals surface area contributed by atoms with Gasteiger partial charge in [-0.1, -0.05) is 6.92 Å². The Morgan fingerprint density at radius 1 is 1.60 bits per heavy atom. The third-order valence-corrected chi connectivity index (χ3v) is 1.65. The fourth-order valence-electron chi connectivity index (χ4n) is 0.390. The number of rotatable bonds is 4. The Kier molecular flexibility index (Phi) is 4.93. The van der Waals surface area contributed by atoms with Crippen LogP contribution in [0.3, 0.4) is 0 Å². The van der Waals surface area contributed by atoms with Gasteiger partial charge in [0.2, 0.25) is 9.04 Å². The van der Waals surface area contributed by atoms with Crippen molar-refractivity contribution in [2.75, 3.05) is 0 Å². The van der Waals surface area contributed by atoms with Gasteiger partial charge in [0, 0.05) is 12.5 Å². The van der Waals surface area contributed by atoms with Crippen LogP contribution < -0.4 is 0 Å². The molecule has 0 unspecified atom stereocenters. The Balaban J connectivity index is 3.46. The Hall–Kier alpha value is -0.573. The number of ketones is 1. The number of hydrogen-bond donors (Lipinski definition) is 0. The van der Waals surface area contributed by atoms with Crippen LogP contribution >= 0.6 is 0 Å². The third kappa shape index (κ3) is 5.56. The first-order chi connectivity index (χ1) is 4.66. The van der Waals surface area contributed by atoms with Crippen molar-refractivity contribution < 1.29 is 9.22 Å². The lowest BCUT2D eigenvalue weighted by Crippen LogP contribution is -2.01. The van der Waals surface area contributed by atoms with E-state index < -0.39 is 9.04 Å². The highest BCUT2D eigenvalue weighted by molar-refractivity contribution is 6.48. The van der Waals surface area contributed by atoms with Crippen molar-refractivity contribution in [2.45, 2.75) is 26.4 Å². The van der Waals surface area contributed by atoms with Crippen LogP contribution in [0.5, 0.6) is 0 Å². The Morgan fingerprint density at radius 3 is 2.60 bits per heavy atom. The number of carbonyl (C=O) groups is 1. The second kappa shape index (κ2) is 5.23. The molecule has 58 valence electrons. The second-order valence-corrected chi connectivity index (χ2v) is 4.68. The van der Waals surface area contributed by atoms with E-state index in [4.69, 9.17) is 4.43 Å². The maximum absolute atomic E-state index is 10.6. The monoisotopic (exact) mass is 158 g/mol. The summed E-state index contributed by atoms with van der Waals surface area (Å²) < 4.78 is 5.15. The summed E-state index contributed by atoms with van der Waals surface area (Å²) in [5.41, 5.74) is 0. The van der Waals surface area contributed by atoms with Crippen LogP contribution in [0.25, 0.3) is 0 Å². The summed E-state index contributed by atoms with van der Waals surface area (Å²) in [6.45, 7) is 5.95. The van der Waals surface area contributed by atoms with Crippen molar-refractivity contribution in [3.05, 3.63) is 12.3 Å². The van der Waals surface area contributed by atoms with Crippen LogP contribution in [0, 0.1) is 0 Å². The van der Waals surface area contributed by atoms with Gasteiger partial charge in [0.1, 0.15) is 0 Å². The molecule has 0 aliphatic carbocycles. The van der Waals surface area contributed by atoms with E-state index in [2.05, 4.69) is 13.1 Å². The smallest absolute Gasteiger partial charge is 0.228 e. The van der Waals surface area contributed by atoms with Gasteiger partial charge in [0.25, 0.3) is 0 Å². The number of carbonyl (C=O) groups excluding carboxylic acids is 1. The molecule has 0 spiro atoms. The molecule has 2 nitrogen and oxygen atoms in total. The first-order valence-electron chi connectivity index (χ1n) is 3.51. The first kappa shape index (κ1) is 9.43. The molecule has 0 aliphatic heterocycles. The molecule has 0 aromatic rings. The number of allylic oxidation sites excluding steroid dienone is 1. The van der Waals surface area contributed by atoms with Crippen LogP contribution in [-0.2, 0) is 9.22 Å². The third-order valence-electron chi connectivity index (χ3n) is 0.953. The van der Waals surface area contributed by atoms with E-state index in [1.807, 2.05) is 6.92 Å². The highest BCUT2D eigenvalue weighted by Gasteiger charge is 1.91. The normalized spacial score (nSPS) is 10.8.